The van der Waals surface area contributed by atoms with Gasteiger partial charge in [-0.15, -0.1) is 0 Å². The average molecular weight is 440 g/mol. The van der Waals surface area contributed by atoms with Gasteiger partial charge in [0, 0.05) is 47.8 Å². The lowest BCUT2D eigenvalue weighted by Crippen LogP contribution is -2.11. The molecule has 32 heavy (non-hydrogen) atoms. The van der Waals surface area contributed by atoms with Crippen LogP contribution in [0.3, 0.4) is 0 Å². The normalized spacial score (nSPS) is 10.4. The van der Waals surface area contributed by atoms with Crippen LogP contribution in [0.15, 0.2) is 51.7 Å². The van der Waals surface area contributed by atoms with E-state index >= 15 is 0 Å². The summed E-state index contributed by atoms with van der Waals surface area (Å²) in [6.45, 7) is 0.979. The van der Waals surface area contributed by atoms with Gasteiger partial charge in [-0.25, -0.2) is 14.4 Å². The predicted molar refractivity (Wildman–Crippen MR) is 110 cm³/mol. The second-order valence-corrected chi connectivity index (χ2v) is 6.58. The molecule has 11 heteroatoms. The molecule has 11 nitrogen and oxygen atoms in total. The molecular weight excluding hydrogens is 424 g/mol. The highest BCUT2D eigenvalue weighted by molar-refractivity contribution is 5.96. The third-order valence-corrected chi connectivity index (χ3v) is 4.29. The zero-order chi connectivity index (χ0) is 23.4. The zero-order valence-electron chi connectivity index (χ0n) is 16.9. The molecule has 0 bridgehead atoms. The van der Waals surface area contributed by atoms with Gasteiger partial charge >= 0.3 is 17.6 Å². The highest BCUT2D eigenvalue weighted by Crippen LogP contribution is 2.23. The number of carbonyl (C=O) groups excluding carboxylic acids is 3. The van der Waals surface area contributed by atoms with Gasteiger partial charge in [-0.05, 0) is 18.2 Å². The van der Waals surface area contributed by atoms with Gasteiger partial charge in [0.15, 0.2) is 0 Å². The Balaban J connectivity index is 1.89. The number of methoxy groups -OCH3 is 1. The lowest BCUT2D eigenvalue weighted by molar-refractivity contribution is -0.384. The maximum atomic E-state index is 12.5. The van der Waals surface area contributed by atoms with Crippen molar-refractivity contribution in [3.8, 4) is 0 Å². The van der Waals surface area contributed by atoms with Crippen molar-refractivity contribution < 1.29 is 33.2 Å². The minimum atomic E-state index is -0.949. The van der Waals surface area contributed by atoms with E-state index in [0.717, 1.165) is 31.4 Å². The fourth-order valence-electron chi connectivity index (χ4n) is 2.93. The van der Waals surface area contributed by atoms with Gasteiger partial charge in [0.2, 0.25) is 5.91 Å². The van der Waals surface area contributed by atoms with Crippen LogP contribution in [-0.4, -0.2) is 29.9 Å². The molecule has 0 aliphatic rings. The third-order valence-electron chi connectivity index (χ3n) is 4.29. The first kappa shape index (κ1) is 22.2. The number of rotatable bonds is 6. The second kappa shape index (κ2) is 9.08. The Morgan fingerprint density at radius 3 is 2.38 bits per heavy atom. The number of non-ortho nitro benzene ring substituents is 1. The van der Waals surface area contributed by atoms with E-state index in [1.165, 1.54) is 13.0 Å². The van der Waals surface area contributed by atoms with Gasteiger partial charge in [-0.2, -0.15) is 0 Å². The van der Waals surface area contributed by atoms with Crippen LogP contribution in [0.5, 0.6) is 0 Å². The van der Waals surface area contributed by atoms with Crippen molar-refractivity contribution in [3.05, 3.63) is 79.7 Å². The van der Waals surface area contributed by atoms with E-state index in [4.69, 9.17) is 9.15 Å². The monoisotopic (exact) mass is 440 g/mol. The van der Waals surface area contributed by atoms with Crippen LogP contribution >= 0.6 is 0 Å². The van der Waals surface area contributed by atoms with E-state index in [1.54, 1.807) is 12.1 Å². The maximum Gasteiger partial charge on any atom is 0.338 e. The first-order chi connectivity index (χ1) is 15.2. The van der Waals surface area contributed by atoms with E-state index in [9.17, 15) is 29.3 Å². The molecule has 0 unspecified atom stereocenters. The van der Waals surface area contributed by atoms with Gasteiger partial charge in [0.05, 0.1) is 23.2 Å². The number of carbonyl (C=O) groups is 3. The fourth-order valence-corrected chi connectivity index (χ4v) is 2.93. The molecule has 0 aliphatic carbocycles. The summed E-state index contributed by atoms with van der Waals surface area (Å²) in [7, 11) is 1.10. The molecule has 0 radical (unpaired) electrons. The highest BCUT2D eigenvalue weighted by Gasteiger charge is 2.20. The summed E-state index contributed by atoms with van der Waals surface area (Å²) in [5.74, 6) is -2.11. The summed E-state index contributed by atoms with van der Waals surface area (Å²) in [6.07, 6.45) is 0. The molecule has 3 rings (SSSR count). The topological polar surface area (TPSA) is 155 Å². The number of benzene rings is 2. The maximum absolute atomic E-state index is 12.5. The van der Waals surface area contributed by atoms with Crippen molar-refractivity contribution in [2.45, 2.75) is 13.5 Å². The van der Waals surface area contributed by atoms with Crippen molar-refractivity contribution >= 4 is 40.2 Å². The summed E-state index contributed by atoms with van der Waals surface area (Å²) < 4.78 is 14.9. The molecule has 3 aromatic rings. The average Bonchev–Trinajstić information content (AvgIpc) is 2.75. The molecule has 0 spiro atoms. The molecular formula is C21H16N2O9. The van der Waals surface area contributed by atoms with E-state index in [1.807, 2.05) is 0 Å². The van der Waals surface area contributed by atoms with Crippen LogP contribution in [0, 0.1) is 10.1 Å². The van der Waals surface area contributed by atoms with Gasteiger partial charge in [0.1, 0.15) is 12.2 Å². The summed E-state index contributed by atoms with van der Waals surface area (Å²) in [6, 6.07) is 8.80. The van der Waals surface area contributed by atoms with Crippen molar-refractivity contribution in [1.82, 2.24) is 0 Å². The van der Waals surface area contributed by atoms with Crippen LogP contribution in [0.25, 0.3) is 11.0 Å². The Morgan fingerprint density at radius 2 is 1.75 bits per heavy atom. The summed E-state index contributed by atoms with van der Waals surface area (Å²) in [5.41, 5.74) is -0.724. The fraction of sp³-hybridized carbons (Fsp3) is 0.143. The quantitative estimate of drug-likeness (QED) is 0.263. The minimum Gasteiger partial charge on any atom is -0.465 e. The number of amides is 1. The van der Waals surface area contributed by atoms with E-state index < -0.39 is 28.2 Å². The summed E-state index contributed by atoms with van der Waals surface area (Å²) >= 11 is 0. The number of ether oxygens (including phenoxy) is 2. The molecule has 0 atom stereocenters. The zero-order valence-corrected chi connectivity index (χ0v) is 16.9. The third kappa shape index (κ3) is 4.95. The molecule has 0 saturated heterocycles. The Labute approximate surface area is 179 Å². The number of nitrogens with zero attached hydrogens (tertiary/aromatic N) is 1. The number of nitro benzene ring substituents is 1. The SMILES string of the molecule is COC(=O)c1cc(C(=O)OCc2cc(=O)oc3cc(NC(C)=O)ccc23)cc([N+](=O)[O-])c1. The van der Waals surface area contributed by atoms with Crippen molar-refractivity contribution in [2.75, 3.05) is 12.4 Å². The van der Waals surface area contributed by atoms with Crippen LogP contribution in [0.4, 0.5) is 11.4 Å². The molecule has 1 aromatic heterocycles. The van der Waals surface area contributed by atoms with Gasteiger partial charge in [-0.1, -0.05) is 0 Å². The van der Waals surface area contributed by atoms with Crippen molar-refractivity contribution in [1.29, 1.82) is 0 Å². The summed E-state index contributed by atoms with van der Waals surface area (Å²) in [5, 5.41) is 14.1. The van der Waals surface area contributed by atoms with E-state index in [-0.39, 0.29) is 29.2 Å². The van der Waals surface area contributed by atoms with Crippen molar-refractivity contribution in [3.63, 3.8) is 0 Å². The van der Waals surface area contributed by atoms with Gasteiger partial charge in [0.25, 0.3) is 5.69 Å². The highest BCUT2D eigenvalue weighted by atomic mass is 16.6. The first-order valence-corrected chi connectivity index (χ1v) is 9.07. The first-order valence-electron chi connectivity index (χ1n) is 9.07. The lowest BCUT2D eigenvalue weighted by atomic mass is 10.1. The molecule has 0 saturated carbocycles. The Kier molecular flexibility index (Phi) is 6.29. The predicted octanol–water partition coefficient (Wildman–Crippen LogP) is 2.80. The summed E-state index contributed by atoms with van der Waals surface area (Å²) in [4.78, 5) is 57.7. The largest absolute Gasteiger partial charge is 0.465 e. The number of anilines is 1. The molecule has 0 aliphatic heterocycles. The Bertz CT molecular complexity index is 1310. The second-order valence-electron chi connectivity index (χ2n) is 6.58. The standard InChI is InChI=1S/C21H16N2O9/c1-11(24)22-15-3-4-17-14(8-19(25)32-18(17)9-15)10-31-21(27)13-5-12(20(26)30-2)6-16(7-13)23(28)29/h3-9H,10H2,1-2H3,(H,22,24). The van der Waals surface area contributed by atoms with Crippen molar-refractivity contribution in [2.24, 2.45) is 0 Å². The number of fused-ring (bicyclic) bond motifs is 1. The molecule has 2 aromatic carbocycles. The lowest BCUT2D eigenvalue weighted by Gasteiger charge is -2.09. The number of nitro groups is 1. The molecule has 164 valence electrons. The molecule has 1 amide bonds. The number of hydrogen-bond donors (Lipinski definition) is 1. The number of esters is 2. The molecule has 1 heterocycles. The van der Waals surface area contributed by atoms with E-state index in [2.05, 4.69) is 10.1 Å². The number of nitrogens with one attached hydrogen (secondary N) is 1. The van der Waals surface area contributed by atoms with Crippen LogP contribution < -0.4 is 10.9 Å². The molecule has 0 fully saturated rings. The van der Waals surface area contributed by atoms with Gasteiger partial charge < -0.3 is 19.2 Å². The van der Waals surface area contributed by atoms with Crippen LogP contribution in [-0.2, 0) is 20.9 Å². The smallest absolute Gasteiger partial charge is 0.338 e. The van der Waals surface area contributed by atoms with Crippen LogP contribution in [0.1, 0.15) is 33.2 Å². The Morgan fingerprint density at radius 1 is 1.06 bits per heavy atom. The molecule has 1 N–H and O–H groups in total. The Hall–Kier alpha value is -4.54. The number of hydrogen-bond acceptors (Lipinski definition) is 9. The van der Waals surface area contributed by atoms with Crippen LogP contribution in [0.2, 0.25) is 0 Å². The van der Waals surface area contributed by atoms with Gasteiger partial charge in [-0.3, -0.25) is 14.9 Å². The van der Waals surface area contributed by atoms with E-state index in [0.29, 0.717) is 16.6 Å². The minimum absolute atomic E-state index is 0.165.